The zero-order valence-corrected chi connectivity index (χ0v) is 24.1. The number of pyridine rings is 2. The van der Waals surface area contributed by atoms with Crippen LogP contribution in [0.5, 0.6) is 6.01 Å². The van der Waals surface area contributed by atoms with Crippen LogP contribution in [0.2, 0.25) is 5.02 Å². The highest BCUT2D eigenvalue weighted by atomic mass is 35.5. The van der Waals surface area contributed by atoms with E-state index in [-0.39, 0.29) is 40.3 Å². The molecule has 42 heavy (non-hydrogen) atoms. The molecular formula is C30H31ClFN9O. The van der Waals surface area contributed by atoms with Crippen molar-refractivity contribution in [2.45, 2.75) is 43.7 Å². The van der Waals surface area contributed by atoms with Crippen molar-refractivity contribution in [3.05, 3.63) is 41.3 Å². The Balaban J connectivity index is 1.36. The van der Waals surface area contributed by atoms with Gasteiger partial charge in [-0.1, -0.05) is 23.7 Å². The number of nitriles is 1. The molecule has 0 radical (unpaired) electrons. The topological polar surface area (TPSA) is 120 Å². The van der Waals surface area contributed by atoms with Gasteiger partial charge in [-0.3, -0.25) is 9.88 Å². The lowest BCUT2D eigenvalue weighted by molar-refractivity contribution is 0.108. The van der Waals surface area contributed by atoms with E-state index in [1.54, 1.807) is 23.2 Å². The molecule has 0 aliphatic carbocycles. The molecule has 2 N–H and O–H groups in total. The molecule has 1 atom stereocenters. The van der Waals surface area contributed by atoms with E-state index in [2.05, 4.69) is 26.0 Å². The Morgan fingerprint density at radius 2 is 2.00 bits per heavy atom. The van der Waals surface area contributed by atoms with Gasteiger partial charge in [-0.05, 0) is 62.7 Å². The van der Waals surface area contributed by atoms with Crippen LogP contribution < -0.4 is 15.4 Å². The number of rotatable bonds is 6. The summed E-state index contributed by atoms with van der Waals surface area (Å²) in [6, 6.07) is 7.22. The van der Waals surface area contributed by atoms with Crippen LogP contribution in [-0.2, 0) is 0 Å². The van der Waals surface area contributed by atoms with Gasteiger partial charge in [0.05, 0.1) is 22.0 Å². The third-order valence-corrected chi connectivity index (χ3v) is 9.48. The molecule has 3 aliphatic rings. The first-order valence-corrected chi connectivity index (χ1v) is 14.7. The van der Waals surface area contributed by atoms with Gasteiger partial charge in [-0.2, -0.15) is 15.2 Å². The summed E-state index contributed by atoms with van der Waals surface area (Å²) >= 11 is 6.56. The summed E-state index contributed by atoms with van der Waals surface area (Å²) in [7, 11) is 1.91. The average molecular weight is 588 g/mol. The first kappa shape index (κ1) is 26.9. The number of benzene rings is 1. The number of hydrogen-bond acceptors (Lipinski definition) is 10. The maximum absolute atomic E-state index is 16.6. The summed E-state index contributed by atoms with van der Waals surface area (Å²) in [5.41, 5.74) is 6.42. The number of likely N-dealkylation sites (tertiary alicyclic amines) is 1. The largest absolute Gasteiger partial charge is 0.461 e. The SMILES string of the molecule is CN(c1nc(OCC23CCCN2CCC3)nc2c(F)c(-c3nc(N)cc4cccc(Cl)c34)ncc12)[C@@H]1CCN(C#N)C1. The summed E-state index contributed by atoms with van der Waals surface area (Å²) in [5.74, 6) is 0.0853. The Labute approximate surface area is 247 Å². The van der Waals surface area contributed by atoms with Crippen LogP contribution in [0.3, 0.4) is 0 Å². The van der Waals surface area contributed by atoms with Crippen LogP contribution in [0.4, 0.5) is 16.0 Å². The van der Waals surface area contributed by atoms with E-state index in [4.69, 9.17) is 27.1 Å². The van der Waals surface area contributed by atoms with Crippen molar-refractivity contribution in [1.29, 1.82) is 5.26 Å². The number of nitrogen functional groups attached to an aromatic ring is 1. The van der Waals surface area contributed by atoms with Gasteiger partial charge in [-0.15, -0.1) is 0 Å². The van der Waals surface area contributed by atoms with E-state index in [1.807, 2.05) is 24.1 Å². The highest BCUT2D eigenvalue weighted by molar-refractivity contribution is 6.36. The molecule has 4 aromatic rings. The number of anilines is 2. The van der Waals surface area contributed by atoms with Gasteiger partial charge >= 0.3 is 6.01 Å². The summed E-state index contributed by atoms with van der Waals surface area (Å²) in [6.45, 7) is 3.80. The number of hydrogen-bond donors (Lipinski definition) is 1. The number of nitrogens with zero attached hydrogens (tertiary/aromatic N) is 8. The summed E-state index contributed by atoms with van der Waals surface area (Å²) in [4.78, 5) is 24.6. The fourth-order valence-corrected chi connectivity index (χ4v) is 7.23. The molecule has 0 bridgehead atoms. The number of fused-ring (bicyclic) bond motifs is 3. The minimum Gasteiger partial charge on any atom is -0.461 e. The van der Waals surface area contributed by atoms with Gasteiger partial charge in [0.25, 0.3) is 0 Å². The van der Waals surface area contributed by atoms with Crippen LogP contribution in [0.15, 0.2) is 30.5 Å². The van der Waals surface area contributed by atoms with Gasteiger partial charge in [0, 0.05) is 31.7 Å². The third-order valence-electron chi connectivity index (χ3n) is 9.16. The van der Waals surface area contributed by atoms with Crippen molar-refractivity contribution >= 4 is 44.9 Å². The highest BCUT2D eigenvalue weighted by Gasteiger charge is 2.45. The lowest BCUT2D eigenvalue weighted by Crippen LogP contribution is -2.43. The zero-order chi connectivity index (χ0) is 29.0. The van der Waals surface area contributed by atoms with E-state index in [9.17, 15) is 5.26 Å². The van der Waals surface area contributed by atoms with Gasteiger partial charge in [0.15, 0.2) is 12.0 Å². The van der Waals surface area contributed by atoms with Crippen molar-refractivity contribution in [2.24, 2.45) is 0 Å². The second kappa shape index (κ2) is 10.4. The van der Waals surface area contributed by atoms with Crippen molar-refractivity contribution in [3.8, 4) is 23.6 Å². The van der Waals surface area contributed by atoms with E-state index < -0.39 is 5.82 Å². The van der Waals surface area contributed by atoms with Crippen LogP contribution >= 0.6 is 11.6 Å². The molecule has 3 fully saturated rings. The molecule has 7 rings (SSSR count). The summed E-state index contributed by atoms with van der Waals surface area (Å²) < 4.78 is 22.9. The Morgan fingerprint density at radius 1 is 1.19 bits per heavy atom. The quantitative estimate of drug-likeness (QED) is 0.320. The minimum absolute atomic E-state index is 0.000898. The van der Waals surface area contributed by atoms with Crippen LogP contribution in [0, 0.1) is 17.3 Å². The van der Waals surface area contributed by atoms with Gasteiger partial charge < -0.3 is 20.3 Å². The number of nitrogens with two attached hydrogens (primary N) is 1. The van der Waals surface area contributed by atoms with Crippen molar-refractivity contribution < 1.29 is 9.13 Å². The summed E-state index contributed by atoms with van der Waals surface area (Å²) in [6.07, 6.45) is 8.98. The molecule has 216 valence electrons. The molecule has 0 amide bonds. The fourth-order valence-electron chi connectivity index (χ4n) is 6.96. The van der Waals surface area contributed by atoms with E-state index in [1.165, 1.54) is 0 Å². The molecule has 3 saturated heterocycles. The number of aromatic nitrogens is 4. The molecule has 0 spiro atoms. The predicted octanol–water partition coefficient (Wildman–Crippen LogP) is 4.61. The molecule has 0 saturated carbocycles. The van der Waals surface area contributed by atoms with Crippen LogP contribution in [0.1, 0.15) is 32.1 Å². The lowest BCUT2D eigenvalue weighted by Gasteiger charge is -2.31. The Kier molecular flexibility index (Phi) is 6.63. The monoisotopic (exact) mass is 587 g/mol. The number of halogens is 2. The standard InChI is InChI=1S/C30H31ClFN9O/c1-39(19-7-12-40(15-19)17-33)28-20-14-35-27(26-23-18(13-22(34)36-26)5-2-6-21(23)31)24(32)25(20)37-29(38-28)42-16-30-8-3-10-41(30)11-4-9-30/h2,5-6,13-14,19H,3-4,7-12,15-16H2,1H3,(H2,34,36)/t19-/m1/s1. The first-order chi connectivity index (χ1) is 20.4. The normalized spacial score (nSPS) is 19.9. The molecular weight excluding hydrogens is 557 g/mol. The second-order valence-corrected chi connectivity index (χ2v) is 12.0. The molecule has 6 heterocycles. The van der Waals surface area contributed by atoms with E-state index >= 15 is 4.39 Å². The molecule has 3 aromatic heterocycles. The Hall–Kier alpha value is -4.01. The Bertz CT molecular complexity index is 1730. The summed E-state index contributed by atoms with van der Waals surface area (Å²) in [5, 5.41) is 11.6. The maximum atomic E-state index is 16.6. The fraction of sp³-hybridized carbons (Fsp3) is 0.433. The van der Waals surface area contributed by atoms with E-state index in [0.29, 0.717) is 41.3 Å². The minimum atomic E-state index is -0.652. The first-order valence-electron chi connectivity index (χ1n) is 14.3. The predicted molar refractivity (Wildman–Crippen MR) is 160 cm³/mol. The highest BCUT2D eigenvalue weighted by Crippen LogP contribution is 2.40. The third kappa shape index (κ3) is 4.41. The van der Waals surface area contributed by atoms with Crippen molar-refractivity contribution in [2.75, 3.05) is 50.5 Å². The van der Waals surface area contributed by atoms with Gasteiger partial charge in [-0.25, -0.2) is 9.37 Å². The maximum Gasteiger partial charge on any atom is 0.319 e. The van der Waals surface area contributed by atoms with Gasteiger partial charge in [0.1, 0.15) is 35.1 Å². The molecule has 3 aliphatic heterocycles. The lowest BCUT2D eigenvalue weighted by atomic mass is 9.95. The Morgan fingerprint density at radius 3 is 2.76 bits per heavy atom. The second-order valence-electron chi connectivity index (χ2n) is 11.6. The average Bonchev–Trinajstić information content (AvgIpc) is 3.72. The number of ether oxygens (including phenoxy) is 1. The van der Waals surface area contributed by atoms with Crippen molar-refractivity contribution in [1.82, 2.24) is 29.7 Å². The van der Waals surface area contributed by atoms with Crippen LogP contribution in [-0.4, -0.2) is 81.2 Å². The zero-order valence-electron chi connectivity index (χ0n) is 23.4. The smallest absolute Gasteiger partial charge is 0.319 e. The van der Waals surface area contributed by atoms with Gasteiger partial charge in [0.2, 0.25) is 0 Å². The number of likely N-dealkylation sites (N-methyl/N-ethyl adjacent to an activating group) is 1. The van der Waals surface area contributed by atoms with E-state index in [0.717, 1.165) is 50.6 Å². The molecule has 1 aromatic carbocycles. The van der Waals surface area contributed by atoms with Crippen molar-refractivity contribution in [3.63, 3.8) is 0 Å². The molecule has 0 unspecified atom stereocenters. The molecule has 12 heteroatoms. The molecule has 10 nitrogen and oxygen atoms in total. The van der Waals surface area contributed by atoms with Crippen LogP contribution in [0.25, 0.3) is 33.1 Å².